The van der Waals surface area contributed by atoms with Crippen molar-refractivity contribution in [1.29, 1.82) is 0 Å². The van der Waals surface area contributed by atoms with Crippen LogP contribution in [0.2, 0.25) is 0 Å². The Morgan fingerprint density at radius 1 is 0.867 bits per heavy atom. The highest BCUT2D eigenvalue weighted by atomic mass is 35.5. The van der Waals surface area contributed by atoms with Crippen LogP contribution < -0.4 is 5.32 Å². The van der Waals surface area contributed by atoms with Crippen LogP contribution >= 0.6 is 11.6 Å². The van der Waals surface area contributed by atoms with E-state index in [-0.39, 0.29) is 0 Å². The Morgan fingerprint density at radius 2 is 1.53 bits per heavy atom. The van der Waals surface area contributed by atoms with Gasteiger partial charge in [-0.25, -0.2) is 0 Å². The molecule has 2 heteroatoms. The standard InChI is InChI=1S/C13H24ClN/c14-13-9-5-4-6-11(13)10-15-12-7-2-1-3-8-12/h11-13,15H,1-10H2. The van der Waals surface area contributed by atoms with Crippen molar-refractivity contribution in [1.82, 2.24) is 5.32 Å². The summed E-state index contributed by atoms with van der Waals surface area (Å²) in [6, 6.07) is 0.796. The average molecular weight is 230 g/mol. The number of hydrogen-bond acceptors (Lipinski definition) is 1. The molecule has 0 saturated heterocycles. The van der Waals surface area contributed by atoms with Crippen molar-refractivity contribution in [3.8, 4) is 0 Å². The van der Waals surface area contributed by atoms with Gasteiger partial charge in [-0.15, -0.1) is 11.6 Å². The predicted molar refractivity (Wildman–Crippen MR) is 66.5 cm³/mol. The van der Waals surface area contributed by atoms with Gasteiger partial charge in [0.05, 0.1) is 0 Å². The molecule has 0 spiro atoms. The molecule has 88 valence electrons. The normalized spacial score (nSPS) is 34.2. The van der Waals surface area contributed by atoms with Crippen molar-refractivity contribution in [2.45, 2.75) is 69.2 Å². The Morgan fingerprint density at radius 3 is 2.27 bits per heavy atom. The van der Waals surface area contributed by atoms with Gasteiger partial charge in [0, 0.05) is 11.4 Å². The summed E-state index contributed by atoms with van der Waals surface area (Å²) in [5.74, 6) is 0.738. The quantitative estimate of drug-likeness (QED) is 0.728. The summed E-state index contributed by atoms with van der Waals surface area (Å²) >= 11 is 6.36. The molecule has 0 aromatic heterocycles. The van der Waals surface area contributed by atoms with Gasteiger partial charge >= 0.3 is 0 Å². The number of nitrogens with one attached hydrogen (secondary N) is 1. The van der Waals surface area contributed by atoms with Gasteiger partial charge in [0.2, 0.25) is 0 Å². The minimum absolute atomic E-state index is 0.440. The predicted octanol–water partition coefficient (Wildman–Crippen LogP) is 3.71. The first kappa shape index (κ1) is 11.7. The van der Waals surface area contributed by atoms with Gasteiger partial charge in [0.1, 0.15) is 0 Å². The molecule has 15 heavy (non-hydrogen) atoms. The summed E-state index contributed by atoms with van der Waals surface area (Å²) in [7, 11) is 0. The van der Waals surface area contributed by atoms with Crippen molar-refractivity contribution in [3.63, 3.8) is 0 Å². The molecule has 2 unspecified atom stereocenters. The van der Waals surface area contributed by atoms with Crippen LogP contribution in [0, 0.1) is 5.92 Å². The Labute approximate surface area is 99.0 Å². The molecule has 0 radical (unpaired) electrons. The lowest BCUT2D eigenvalue weighted by molar-refractivity contribution is 0.304. The monoisotopic (exact) mass is 229 g/mol. The fourth-order valence-electron chi connectivity index (χ4n) is 3.02. The maximum Gasteiger partial charge on any atom is 0.0376 e. The molecule has 2 aliphatic rings. The molecule has 0 heterocycles. The summed E-state index contributed by atoms with van der Waals surface area (Å²) < 4.78 is 0. The molecule has 0 aliphatic heterocycles. The average Bonchev–Trinajstić information content (AvgIpc) is 2.29. The highest BCUT2D eigenvalue weighted by Gasteiger charge is 2.24. The van der Waals surface area contributed by atoms with Crippen molar-refractivity contribution in [3.05, 3.63) is 0 Å². The fourth-order valence-corrected chi connectivity index (χ4v) is 3.39. The summed E-state index contributed by atoms with van der Waals surface area (Å²) in [6.45, 7) is 1.17. The maximum absolute atomic E-state index is 6.36. The van der Waals surface area contributed by atoms with E-state index < -0.39 is 0 Å². The van der Waals surface area contributed by atoms with Crippen molar-refractivity contribution < 1.29 is 0 Å². The first-order chi connectivity index (χ1) is 7.36. The minimum Gasteiger partial charge on any atom is -0.314 e. The largest absolute Gasteiger partial charge is 0.314 e. The zero-order valence-corrected chi connectivity index (χ0v) is 10.4. The lowest BCUT2D eigenvalue weighted by atomic mass is 9.88. The van der Waals surface area contributed by atoms with Gasteiger partial charge in [-0.1, -0.05) is 32.1 Å². The van der Waals surface area contributed by atoms with E-state index >= 15 is 0 Å². The van der Waals surface area contributed by atoms with Crippen LogP contribution in [0.3, 0.4) is 0 Å². The number of hydrogen-bond donors (Lipinski definition) is 1. The first-order valence-corrected chi connectivity index (χ1v) is 7.17. The second-order valence-electron chi connectivity index (χ2n) is 5.30. The fraction of sp³-hybridized carbons (Fsp3) is 1.00. The summed E-state index contributed by atoms with van der Waals surface area (Å²) in [4.78, 5) is 0. The van der Waals surface area contributed by atoms with Gasteiger partial charge in [0.25, 0.3) is 0 Å². The molecular weight excluding hydrogens is 206 g/mol. The number of rotatable bonds is 3. The number of halogens is 1. The van der Waals surface area contributed by atoms with Crippen LogP contribution in [0.15, 0.2) is 0 Å². The van der Waals surface area contributed by atoms with E-state index in [0.29, 0.717) is 5.38 Å². The summed E-state index contributed by atoms with van der Waals surface area (Å²) in [5.41, 5.74) is 0. The highest BCUT2D eigenvalue weighted by Crippen LogP contribution is 2.28. The second-order valence-corrected chi connectivity index (χ2v) is 5.86. The molecular formula is C13H24ClN. The third-order valence-electron chi connectivity index (χ3n) is 4.09. The topological polar surface area (TPSA) is 12.0 Å². The van der Waals surface area contributed by atoms with Gasteiger partial charge in [-0.2, -0.15) is 0 Å². The van der Waals surface area contributed by atoms with E-state index in [1.165, 1.54) is 64.3 Å². The summed E-state index contributed by atoms with van der Waals surface area (Å²) in [5, 5.41) is 4.18. The molecule has 2 atom stereocenters. The van der Waals surface area contributed by atoms with Gasteiger partial charge in [-0.05, 0) is 38.1 Å². The number of alkyl halides is 1. The molecule has 2 aliphatic carbocycles. The van der Waals surface area contributed by atoms with E-state index in [1.807, 2.05) is 0 Å². The zero-order valence-electron chi connectivity index (χ0n) is 9.68. The zero-order chi connectivity index (χ0) is 10.5. The lowest BCUT2D eigenvalue weighted by Gasteiger charge is -2.30. The molecule has 0 aromatic rings. The van der Waals surface area contributed by atoms with Crippen LogP contribution in [-0.2, 0) is 0 Å². The van der Waals surface area contributed by atoms with Crippen LogP contribution in [0.25, 0.3) is 0 Å². The molecule has 1 N–H and O–H groups in total. The van der Waals surface area contributed by atoms with Gasteiger partial charge in [0.15, 0.2) is 0 Å². The van der Waals surface area contributed by atoms with E-state index in [2.05, 4.69) is 5.32 Å². The molecule has 0 aromatic carbocycles. The minimum atomic E-state index is 0.440. The van der Waals surface area contributed by atoms with Crippen LogP contribution in [0.5, 0.6) is 0 Å². The Hall–Kier alpha value is 0.250. The Kier molecular flexibility index (Phi) is 4.77. The maximum atomic E-state index is 6.36. The summed E-state index contributed by atoms with van der Waals surface area (Å²) in [6.07, 6.45) is 12.4. The molecule has 1 nitrogen and oxygen atoms in total. The van der Waals surface area contributed by atoms with E-state index in [9.17, 15) is 0 Å². The highest BCUT2D eigenvalue weighted by molar-refractivity contribution is 6.20. The second kappa shape index (κ2) is 6.10. The molecule has 0 amide bonds. The first-order valence-electron chi connectivity index (χ1n) is 6.74. The Balaban J connectivity index is 1.67. The van der Waals surface area contributed by atoms with Gasteiger partial charge in [-0.3, -0.25) is 0 Å². The van der Waals surface area contributed by atoms with Crippen LogP contribution in [-0.4, -0.2) is 18.0 Å². The smallest absolute Gasteiger partial charge is 0.0376 e. The van der Waals surface area contributed by atoms with Crippen LogP contribution in [0.4, 0.5) is 0 Å². The molecule has 2 fully saturated rings. The Bertz CT molecular complexity index is 177. The van der Waals surface area contributed by atoms with Crippen molar-refractivity contribution >= 4 is 11.6 Å². The molecule has 2 saturated carbocycles. The lowest BCUT2D eigenvalue weighted by Crippen LogP contribution is -2.38. The van der Waals surface area contributed by atoms with E-state index in [1.54, 1.807) is 0 Å². The van der Waals surface area contributed by atoms with E-state index in [0.717, 1.165) is 12.0 Å². The molecule has 0 bridgehead atoms. The third kappa shape index (κ3) is 3.64. The van der Waals surface area contributed by atoms with Gasteiger partial charge < -0.3 is 5.32 Å². The van der Waals surface area contributed by atoms with Crippen molar-refractivity contribution in [2.24, 2.45) is 5.92 Å². The third-order valence-corrected chi connectivity index (χ3v) is 4.66. The van der Waals surface area contributed by atoms with E-state index in [4.69, 9.17) is 11.6 Å². The van der Waals surface area contributed by atoms with Crippen LogP contribution in [0.1, 0.15) is 57.8 Å². The SMILES string of the molecule is ClC1CCCCC1CNC1CCCCC1. The van der Waals surface area contributed by atoms with Crippen molar-refractivity contribution in [2.75, 3.05) is 6.54 Å². The molecule has 2 rings (SSSR count).